The molecule has 1 aliphatic rings. The summed E-state index contributed by atoms with van der Waals surface area (Å²) in [6, 6.07) is 7.57. The molecule has 0 fully saturated rings. The average molecular weight is 285 g/mol. The van der Waals surface area contributed by atoms with Gasteiger partial charge < -0.3 is 15.2 Å². The fourth-order valence-corrected chi connectivity index (χ4v) is 2.21. The Bertz CT molecular complexity index is 656. The van der Waals surface area contributed by atoms with Gasteiger partial charge in [-0.25, -0.2) is 9.97 Å². The highest BCUT2D eigenvalue weighted by molar-refractivity contribution is 5.62. The number of nitrogens with zero attached hydrogens (tertiary/aromatic N) is 2. The number of aromatic nitrogens is 2. The van der Waals surface area contributed by atoms with Crippen LogP contribution in [0, 0.1) is 0 Å². The maximum atomic E-state index is 5.89. The van der Waals surface area contributed by atoms with E-state index in [-0.39, 0.29) is 0 Å². The van der Waals surface area contributed by atoms with E-state index in [2.05, 4.69) is 23.8 Å². The fourth-order valence-electron chi connectivity index (χ4n) is 2.21. The third-order valence-electron chi connectivity index (χ3n) is 3.36. The maximum Gasteiger partial charge on any atom is 0.161 e. The van der Waals surface area contributed by atoms with Crippen molar-refractivity contribution in [1.29, 1.82) is 0 Å². The van der Waals surface area contributed by atoms with E-state index >= 15 is 0 Å². The van der Waals surface area contributed by atoms with E-state index in [0.717, 1.165) is 29.2 Å². The van der Waals surface area contributed by atoms with Crippen LogP contribution in [0.2, 0.25) is 0 Å². The Morgan fingerprint density at radius 1 is 1.05 bits per heavy atom. The summed E-state index contributed by atoms with van der Waals surface area (Å²) in [6.07, 6.45) is 0.885. The van der Waals surface area contributed by atoms with E-state index in [4.69, 9.17) is 15.2 Å². The number of hydrogen-bond donors (Lipinski definition) is 1. The van der Waals surface area contributed by atoms with Crippen molar-refractivity contribution in [2.75, 3.05) is 18.9 Å². The first kappa shape index (κ1) is 13.7. The zero-order chi connectivity index (χ0) is 14.8. The van der Waals surface area contributed by atoms with Gasteiger partial charge in [0.15, 0.2) is 17.3 Å². The first-order chi connectivity index (χ1) is 10.1. The summed E-state index contributed by atoms with van der Waals surface area (Å²) in [5.41, 5.74) is 7.71. The lowest BCUT2D eigenvalue weighted by Crippen LogP contribution is -2.02. The zero-order valence-corrected chi connectivity index (χ0v) is 12.3. The summed E-state index contributed by atoms with van der Waals surface area (Å²) in [6.45, 7) is 5.50. The summed E-state index contributed by atoms with van der Waals surface area (Å²) in [4.78, 5) is 8.92. The standard InChI is InChI=1S/C16H19N3O2/c1-10(2)12-9-15(17)19-16(18-12)11-4-5-13-14(8-11)21-7-3-6-20-13/h4-5,8-10H,3,6-7H2,1-2H3,(H2,17,18,19). The van der Waals surface area contributed by atoms with Crippen LogP contribution in [-0.2, 0) is 0 Å². The Kier molecular flexibility index (Phi) is 3.64. The molecule has 0 atom stereocenters. The predicted molar refractivity (Wildman–Crippen MR) is 81.6 cm³/mol. The van der Waals surface area contributed by atoms with Gasteiger partial charge in [0.2, 0.25) is 0 Å². The van der Waals surface area contributed by atoms with E-state index < -0.39 is 0 Å². The third kappa shape index (κ3) is 2.91. The molecule has 0 unspecified atom stereocenters. The van der Waals surface area contributed by atoms with Crippen LogP contribution >= 0.6 is 0 Å². The van der Waals surface area contributed by atoms with E-state index in [1.54, 1.807) is 0 Å². The number of hydrogen-bond acceptors (Lipinski definition) is 5. The number of anilines is 1. The number of benzene rings is 1. The van der Waals surface area contributed by atoms with Gasteiger partial charge in [-0.2, -0.15) is 0 Å². The van der Waals surface area contributed by atoms with Gasteiger partial charge in [-0.05, 0) is 24.1 Å². The summed E-state index contributed by atoms with van der Waals surface area (Å²) in [5, 5.41) is 0. The van der Waals surface area contributed by atoms with Crippen molar-refractivity contribution in [2.45, 2.75) is 26.2 Å². The van der Waals surface area contributed by atoms with Crippen molar-refractivity contribution in [3.8, 4) is 22.9 Å². The predicted octanol–water partition coefficient (Wildman–Crippen LogP) is 3.01. The number of rotatable bonds is 2. The van der Waals surface area contributed by atoms with Crippen molar-refractivity contribution in [2.24, 2.45) is 0 Å². The van der Waals surface area contributed by atoms with Crippen LogP contribution in [0.25, 0.3) is 11.4 Å². The first-order valence-corrected chi connectivity index (χ1v) is 7.18. The van der Waals surface area contributed by atoms with Gasteiger partial charge in [0.1, 0.15) is 5.82 Å². The molecular weight excluding hydrogens is 266 g/mol. The molecule has 1 aliphatic heterocycles. The normalized spacial score (nSPS) is 14.0. The van der Waals surface area contributed by atoms with Crippen LogP contribution in [-0.4, -0.2) is 23.2 Å². The highest BCUT2D eigenvalue weighted by Crippen LogP contribution is 2.33. The topological polar surface area (TPSA) is 70.3 Å². The summed E-state index contributed by atoms with van der Waals surface area (Å²) in [7, 11) is 0. The van der Waals surface area contributed by atoms with Crippen LogP contribution in [0.4, 0.5) is 5.82 Å². The lowest BCUT2D eigenvalue weighted by atomic mass is 10.1. The van der Waals surface area contributed by atoms with Gasteiger partial charge in [0, 0.05) is 23.7 Å². The molecule has 5 nitrogen and oxygen atoms in total. The molecule has 0 saturated carbocycles. The zero-order valence-electron chi connectivity index (χ0n) is 12.3. The Morgan fingerprint density at radius 2 is 1.81 bits per heavy atom. The van der Waals surface area contributed by atoms with Crippen molar-refractivity contribution in [1.82, 2.24) is 9.97 Å². The molecule has 0 amide bonds. The Balaban J connectivity index is 2.02. The minimum absolute atomic E-state index is 0.300. The van der Waals surface area contributed by atoms with Crippen molar-refractivity contribution in [3.63, 3.8) is 0 Å². The second-order valence-corrected chi connectivity index (χ2v) is 5.41. The van der Waals surface area contributed by atoms with E-state index in [9.17, 15) is 0 Å². The second kappa shape index (κ2) is 5.60. The van der Waals surface area contributed by atoms with Crippen LogP contribution < -0.4 is 15.2 Å². The Labute approximate surface area is 124 Å². The molecule has 110 valence electrons. The minimum atomic E-state index is 0.300. The molecule has 5 heteroatoms. The van der Waals surface area contributed by atoms with E-state index in [1.807, 2.05) is 24.3 Å². The Morgan fingerprint density at radius 3 is 2.57 bits per heavy atom. The monoisotopic (exact) mass is 285 g/mol. The van der Waals surface area contributed by atoms with Gasteiger partial charge in [0.25, 0.3) is 0 Å². The number of nitrogen functional groups attached to an aromatic ring is 1. The van der Waals surface area contributed by atoms with Gasteiger partial charge >= 0.3 is 0 Å². The largest absolute Gasteiger partial charge is 0.490 e. The molecule has 21 heavy (non-hydrogen) atoms. The summed E-state index contributed by atoms with van der Waals surface area (Å²) < 4.78 is 11.3. The van der Waals surface area contributed by atoms with E-state index in [1.165, 1.54) is 0 Å². The van der Waals surface area contributed by atoms with Gasteiger partial charge in [-0.3, -0.25) is 0 Å². The molecule has 1 aromatic carbocycles. The molecule has 0 aliphatic carbocycles. The van der Waals surface area contributed by atoms with Crippen LogP contribution in [0.15, 0.2) is 24.3 Å². The second-order valence-electron chi connectivity index (χ2n) is 5.41. The molecule has 0 bridgehead atoms. The lowest BCUT2D eigenvalue weighted by Gasteiger charge is -2.11. The smallest absolute Gasteiger partial charge is 0.161 e. The van der Waals surface area contributed by atoms with Gasteiger partial charge in [-0.15, -0.1) is 0 Å². The molecule has 1 aromatic heterocycles. The third-order valence-corrected chi connectivity index (χ3v) is 3.36. The van der Waals surface area contributed by atoms with Crippen LogP contribution in [0.5, 0.6) is 11.5 Å². The van der Waals surface area contributed by atoms with Crippen molar-refractivity contribution in [3.05, 3.63) is 30.0 Å². The summed E-state index contributed by atoms with van der Waals surface area (Å²) >= 11 is 0. The Hall–Kier alpha value is -2.30. The number of ether oxygens (including phenoxy) is 2. The first-order valence-electron chi connectivity index (χ1n) is 7.18. The van der Waals surface area contributed by atoms with Gasteiger partial charge in [0.05, 0.1) is 13.2 Å². The molecule has 0 saturated heterocycles. The van der Waals surface area contributed by atoms with Crippen LogP contribution in [0.1, 0.15) is 31.9 Å². The molecular formula is C16H19N3O2. The summed E-state index contributed by atoms with van der Waals surface area (Å²) in [5.74, 6) is 2.91. The maximum absolute atomic E-state index is 5.89. The highest BCUT2D eigenvalue weighted by atomic mass is 16.5. The SMILES string of the molecule is CC(C)c1cc(N)nc(-c2ccc3c(c2)OCCCO3)n1. The lowest BCUT2D eigenvalue weighted by molar-refractivity contribution is 0.297. The quantitative estimate of drug-likeness (QED) is 0.918. The molecule has 2 heterocycles. The molecule has 0 spiro atoms. The molecule has 3 rings (SSSR count). The van der Waals surface area contributed by atoms with Crippen LogP contribution in [0.3, 0.4) is 0 Å². The van der Waals surface area contributed by atoms with Gasteiger partial charge in [-0.1, -0.05) is 13.8 Å². The fraction of sp³-hybridized carbons (Fsp3) is 0.375. The molecule has 0 radical (unpaired) electrons. The average Bonchev–Trinajstić information content (AvgIpc) is 2.70. The molecule has 2 aromatic rings. The minimum Gasteiger partial charge on any atom is -0.490 e. The van der Waals surface area contributed by atoms with Crippen molar-refractivity contribution >= 4 is 5.82 Å². The van der Waals surface area contributed by atoms with E-state index in [0.29, 0.717) is 30.8 Å². The number of fused-ring (bicyclic) bond motifs is 1. The number of nitrogens with two attached hydrogens (primary N) is 1. The van der Waals surface area contributed by atoms with Crippen molar-refractivity contribution < 1.29 is 9.47 Å². The molecule has 2 N–H and O–H groups in total. The highest BCUT2D eigenvalue weighted by Gasteiger charge is 2.14.